The summed E-state index contributed by atoms with van der Waals surface area (Å²) in [6.07, 6.45) is 9.98. The van der Waals surface area contributed by atoms with Crippen molar-refractivity contribution < 1.29 is 24.8 Å². The summed E-state index contributed by atoms with van der Waals surface area (Å²) in [6.45, 7) is 7.59. The molecule has 6 aliphatic rings. The van der Waals surface area contributed by atoms with Gasteiger partial charge >= 0.3 is 0 Å². The summed E-state index contributed by atoms with van der Waals surface area (Å²) in [7, 11) is 0. The van der Waals surface area contributed by atoms with E-state index in [4.69, 9.17) is 9.47 Å². The molecule has 2 saturated heterocycles. The van der Waals surface area contributed by atoms with Crippen molar-refractivity contribution in [2.75, 3.05) is 13.2 Å². The number of hydrogen-bond acceptors (Lipinski definition) is 5. The minimum atomic E-state index is -1.02. The lowest BCUT2D eigenvalue weighted by Gasteiger charge is -2.62. The fourth-order valence-corrected chi connectivity index (χ4v) is 10.2. The molecule has 0 aromatic rings. The number of rotatable bonds is 1. The first kappa shape index (κ1) is 22.3. The van der Waals surface area contributed by atoms with E-state index >= 15 is 0 Å². The highest BCUT2D eigenvalue weighted by atomic mass is 16.7. The molecular weight excluding hydrogens is 404 g/mol. The Morgan fingerprint density at radius 1 is 0.938 bits per heavy atom. The summed E-state index contributed by atoms with van der Waals surface area (Å²) in [5, 5.41) is 33.3. The Labute approximate surface area is 193 Å². The lowest BCUT2D eigenvalue weighted by atomic mass is 9.44. The van der Waals surface area contributed by atoms with Gasteiger partial charge in [0.15, 0.2) is 5.79 Å². The monoisotopic (exact) mass is 448 g/mol. The maximum atomic E-state index is 12.5. The molecular formula is C27H44O5. The molecule has 0 aromatic carbocycles. The molecule has 2 heterocycles. The molecule has 32 heavy (non-hydrogen) atoms. The normalized spacial score (nSPS) is 61.7. The quantitative estimate of drug-likeness (QED) is 0.567. The zero-order chi connectivity index (χ0) is 22.5. The summed E-state index contributed by atoms with van der Waals surface area (Å²) in [5.41, 5.74) is -0.928. The molecule has 0 bridgehead atoms. The van der Waals surface area contributed by atoms with Crippen LogP contribution in [0.5, 0.6) is 0 Å². The molecule has 4 aliphatic carbocycles. The van der Waals surface area contributed by atoms with Crippen LogP contribution in [0.2, 0.25) is 0 Å². The Kier molecular flexibility index (Phi) is 4.99. The molecule has 5 heteroatoms. The van der Waals surface area contributed by atoms with Crippen LogP contribution in [0.25, 0.3) is 0 Å². The van der Waals surface area contributed by atoms with E-state index in [1.54, 1.807) is 0 Å². The fraction of sp³-hybridized carbons (Fsp3) is 1.00. The highest BCUT2D eigenvalue weighted by molar-refractivity contribution is 5.23. The van der Waals surface area contributed by atoms with Crippen molar-refractivity contribution >= 4 is 0 Å². The van der Waals surface area contributed by atoms with Gasteiger partial charge in [0.25, 0.3) is 0 Å². The number of aliphatic hydroxyl groups is 3. The minimum absolute atomic E-state index is 0.0739. The number of fused-ring (bicyclic) bond motifs is 7. The SMILES string of the molecule is C[C@@H]1CC[C@@]2(OC1)O[C@H]1C[C@H]3[C@@H]4CCC5C[C@@H](O)CC[C@]5(C)[C@H]4CC[C@]3(C)[C@@]1(O)[C@@H]2CO. The average molecular weight is 449 g/mol. The largest absolute Gasteiger partial charge is 0.396 e. The van der Waals surface area contributed by atoms with Crippen molar-refractivity contribution in [3.05, 3.63) is 0 Å². The van der Waals surface area contributed by atoms with Crippen LogP contribution in [0.3, 0.4) is 0 Å². The van der Waals surface area contributed by atoms with Gasteiger partial charge in [-0.05, 0) is 92.8 Å². The van der Waals surface area contributed by atoms with Crippen molar-refractivity contribution in [3.8, 4) is 0 Å². The summed E-state index contributed by atoms with van der Waals surface area (Å²) in [6, 6.07) is 0. The van der Waals surface area contributed by atoms with E-state index < -0.39 is 11.4 Å². The first-order valence-electron chi connectivity index (χ1n) is 13.5. The van der Waals surface area contributed by atoms with Gasteiger partial charge in [-0.25, -0.2) is 0 Å². The van der Waals surface area contributed by atoms with Crippen LogP contribution < -0.4 is 0 Å². The molecule has 3 N–H and O–H groups in total. The van der Waals surface area contributed by atoms with E-state index in [1.807, 2.05) is 0 Å². The molecule has 4 saturated carbocycles. The first-order valence-corrected chi connectivity index (χ1v) is 13.5. The van der Waals surface area contributed by atoms with Crippen molar-refractivity contribution in [2.45, 2.75) is 109 Å². The third-order valence-corrected chi connectivity index (χ3v) is 12.1. The van der Waals surface area contributed by atoms with Crippen LogP contribution in [-0.4, -0.2) is 52.1 Å². The minimum Gasteiger partial charge on any atom is -0.396 e. The molecule has 0 amide bonds. The predicted molar refractivity (Wildman–Crippen MR) is 121 cm³/mol. The van der Waals surface area contributed by atoms with Crippen molar-refractivity contribution in [3.63, 3.8) is 0 Å². The van der Waals surface area contributed by atoms with Crippen LogP contribution in [0, 0.1) is 46.3 Å². The topological polar surface area (TPSA) is 79.2 Å². The molecule has 1 unspecified atom stereocenters. The highest BCUT2D eigenvalue weighted by Gasteiger charge is 2.77. The summed E-state index contributed by atoms with van der Waals surface area (Å²) in [5.74, 6) is 1.71. The Morgan fingerprint density at radius 2 is 1.75 bits per heavy atom. The van der Waals surface area contributed by atoms with Gasteiger partial charge in [-0.2, -0.15) is 0 Å². The van der Waals surface area contributed by atoms with Crippen LogP contribution >= 0.6 is 0 Å². The summed E-state index contributed by atoms with van der Waals surface area (Å²) < 4.78 is 13.0. The van der Waals surface area contributed by atoms with Crippen molar-refractivity contribution in [1.29, 1.82) is 0 Å². The Hall–Kier alpha value is -0.200. The van der Waals surface area contributed by atoms with Gasteiger partial charge in [0.1, 0.15) is 5.60 Å². The Morgan fingerprint density at radius 3 is 2.47 bits per heavy atom. The Bertz CT molecular complexity index is 748. The van der Waals surface area contributed by atoms with Crippen LogP contribution in [0.1, 0.15) is 85.0 Å². The second kappa shape index (κ2) is 7.16. The van der Waals surface area contributed by atoms with Gasteiger partial charge in [0, 0.05) is 11.8 Å². The smallest absolute Gasteiger partial charge is 0.176 e. The van der Waals surface area contributed by atoms with E-state index in [1.165, 1.54) is 12.8 Å². The number of ether oxygens (including phenoxy) is 2. The lowest BCUT2D eigenvalue weighted by molar-refractivity contribution is -0.282. The second-order valence-corrected chi connectivity index (χ2v) is 13.2. The van der Waals surface area contributed by atoms with E-state index in [2.05, 4.69) is 20.8 Å². The molecule has 1 spiro atoms. The predicted octanol–water partition coefficient (Wildman–Crippen LogP) is 3.88. The standard InChI is InChI=1S/C27H44O5/c1-16-6-11-26(31-15-16)22(14-28)27(30)23(32-26)13-21-19-5-4-17-12-18(29)7-9-24(17,2)20(19)8-10-25(21,27)3/h16-23,28-30H,4-15H2,1-3H3/t16-,17?,18+,19-,20+,21+,22-,23+,24+,25+,26-,27-/m1/s1. The lowest BCUT2D eigenvalue weighted by Crippen LogP contribution is -2.62. The van der Waals surface area contributed by atoms with Crippen LogP contribution in [-0.2, 0) is 9.47 Å². The first-order chi connectivity index (χ1) is 15.2. The Balaban J connectivity index is 1.31. The van der Waals surface area contributed by atoms with Gasteiger partial charge in [0.2, 0.25) is 0 Å². The molecule has 0 aromatic heterocycles. The molecule has 6 rings (SSSR count). The van der Waals surface area contributed by atoms with Crippen LogP contribution in [0.15, 0.2) is 0 Å². The molecule has 6 fully saturated rings. The highest BCUT2D eigenvalue weighted by Crippen LogP contribution is 2.72. The maximum Gasteiger partial charge on any atom is 0.176 e. The van der Waals surface area contributed by atoms with Crippen LogP contribution in [0.4, 0.5) is 0 Å². The third-order valence-electron chi connectivity index (χ3n) is 12.1. The number of aliphatic hydroxyl groups excluding tert-OH is 2. The van der Waals surface area contributed by atoms with E-state index in [0.29, 0.717) is 41.6 Å². The third kappa shape index (κ3) is 2.64. The number of hydrogen-bond donors (Lipinski definition) is 3. The van der Waals surface area contributed by atoms with Crippen molar-refractivity contribution in [1.82, 2.24) is 0 Å². The van der Waals surface area contributed by atoms with Gasteiger partial charge in [0.05, 0.1) is 31.3 Å². The summed E-state index contributed by atoms with van der Waals surface area (Å²) in [4.78, 5) is 0. The summed E-state index contributed by atoms with van der Waals surface area (Å²) >= 11 is 0. The molecule has 12 atom stereocenters. The second-order valence-electron chi connectivity index (χ2n) is 13.2. The van der Waals surface area contributed by atoms with Crippen molar-refractivity contribution in [2.24, 2.45) is 46.3 Å². The average Bonchev–Trinajstić information content (AvgIpc) is 3.13. The van der Waals surface area contributed by atoms with Gasteiger partial charge < -0.3 is 24.8 Å². The van der Waals surface area contributed by atoms with Gasteiger partial charge in [-0.1, -0.05) is 20.8 Å². The van der Waals surface area contributed by atoms with E-state index in [9.17, 15) is 15.3 Å². The molecule has 5 nitrogen and oxygen atoms in total. The fourth-order valence-electron chi connectivity index (χ4n) is 10.2. The maximum absolute atomic E-state index is 12.5. The zero-order valence-corrected chi connectivity index (χ0v) is 20.3. The molecule has 0 radical (unpaired) electrons. The molecule has 182 valence electrons. The zero-order valence-electron chi connectivity index (χ0n) is 20.3. The van der Waals surface area contributed by atoms with Gasteiger partial charge in [-0.3, -0.25) is 0 Å². The van der Waals surface area contributed by atoms with Gasteiger partial charge in [-0.15, -0.1) is 0 Å². The van der Waals surface area contributed by atoms with E-state index in [-0.39, 0.29) is 30.1 Å². The van der Waals surface area contributed by atoms with E-state index in [0.717, 1.165) is 51.4 Å². The molecule has 2 aliphatic heterocycles.